The monoisotopic (exact) mass is 429 g/mol. The number of rotatable bonds is 6. The highest BCUT2D eigenvalue weighted by Gasteiger charge is 2.30. The Bertz CT molecular complexity index is 736. The molecule has 0 atom stereocenters. The van der Waals surface area contributed by atoms with Crippen LogP contribution in [0.25, 0.3) is 0 Å². The van der Waals surface area contributed by atoms with E-state index in [0.29, 0.717) is 19.0 Å². The summed E-state index contributed by atoms with van der Waals surface area (Å²) < 4.78 is 63.5. The number of hydrogen-bond acceptors (Lipinski definition) is 4. The van der Waals surface area contributed by atoms with E-state index < -0.39 is 28.7 Å². The van der Waals surface area contributed by atoms with Gasteiger partial charge in [-0.1, -0.05) is 6.07 Å². The Kier molecular flexibility index (Phi) is 8.52. The third-order valence-corrected chi connectivity index (χ3v) is 6.14. The standard InChI is InChI=1S/C16H22F3N3O3S.ClH/c1-20-10-12-5-7-22(8-6-12)26(24,25)14-4-2-3-13(9-14)15(23)21-11-16(17,18)19;/h2-4,9,12,20H,5-8,10-11H2,1H3,(H,21,23);1H. The smallest absolute Gasteiger partial charge is 0.343 e. The number of carbonyl (C=O) groups is 1. The Morgan fingerprint density at radius 3 is 2.44 bits per heavy atom. The number of halogens is 4. The third-order valence-electron chi connectivity index (χ3n) is 4.25. The topological polar surface area (TPSA) is 78.5 Å². The lowest BCUT2D eigenvalue weighted by atomic mass is 9.98. The van der Waals surface area contributed by atoms with Crippen molar-refractivity contribution < 1.29 is 26.4 Å². The molecule has 0 aromatic heterocycles. The molecule has 0 bridgehead atoms. The summed E-state index contributed by atoms with van der Waals surface area (Å²) >= 11 is 0. The van der Waals surface area contributed by atoms with Crippen molar-refractivity contribution in [1.29, 1.82) is 0 Å². The largest absolute Gasteiger partial charge is 0.405 e. The minimum Gasteiger partial charge on any atom is -0.343 e. The van der Waals surface area contributed by atoms with Crippen LogP contribution in [0, 0.1) is 5.92 Å². The lowest BCUT2D eigenvalue weighted by molar-refractivity contribution is -0.123. The van der Waals surface area contributed by atoms with Crippen molar-refractivity contribution in [1.82, 2.24) is 14.9 Å². The number of amides is 1. The van der Waals surface area contributed by atoms with Gasteiger partial charge in [-0.15, -0.1) is 12.4 Å². The zero-order valence-electron chi connectivity index (χ0n) is 14.8. The molecule has 1 saturated heterocycles. The highest BCUT2D eigenvalue weighted by Crippen LogP contribution is 2.24. The average Bonchev–Trinajstić information content (AvgIpc) is 2.60. The van der Waals surface area contributed by atoms with E-state index >= 15 is 0 Å². The number of nitrogens with zero attached hydrogens (tertiary/aromatic N) is 1. The minimum atomic E-state index is -4.53. The summed E-state index contributed by atoms with van der Waals surface area (Å²) in [4.78, 5) is 11.7. The summed E-state index contributed by atoms with van der Waals surface area (Å²) in [5.74, 6) is -0.557. The molecule has 0 unspecified atom stereocenters. The maximum atomic E-state index is 12.7. The fourth-order valence-corrected chi connectivity index (χ4v) is 4.39. The molecule has 1 aromatic rings. The van der Waals surface area contributed by atoms with Crippen molar-refractivity contribution in [3.63, 3.8) is 0 Å². The van der Waals surface area contributed by atoms with Gasteiger partial charge in [0.05, 0.1) is 4.90 Å². The van der Waals surface area contributed by atoms with Gasteiger partial charge in [-0.05, 0) is 50.6 Å². The second-order valence-electron chi connectivity index (χ2n) is 6.23. The van der Waals surface area contributed by atoms with Gasteiger partial charge in [-0.2, -0.15) is 17.5 Å². The number of hydrogen-bond donors (Lipinski definition) is 2. The number of benzene rings is 1. The summed E-state index contributed by atoms with van der Waals surface area (Å²) in [6, 6.07) is 5.09. The summed E-state index contributed by atoms with van der Waals surface area (Å²) in [6.07, 6.45) is -3.07. The fraction of sp³-hybridized carbons (Fsp3) is 0.562. The van der Waals surface area contributed by atoms with E-state index in [4.69, 9.17) is 0 Å². The molecule has 1 fully saturated rings. The molecule has 1 aliphatic heterocycles. The molecule has 1 aromatic carbocycles. The van der Waals surface area contributed by atoms with Crippen LogP contribution in [0.1, 0.15) is 23.2 Å². The molecule has 1 aliphatic rings. The van der Waals surface area contributed by atoms with E-state index in [1.807, 2.05) is 7.05 Å². The number of piperidine rings is 1. The van der Waals surface area contributed by atoms with Gasteiger partial charge in [-0.3, -0.25) is 4.79 Å². The van der Waals surface area contributed by atoms with Crippen LogP contribution < -0.4 is 10.6 Å². The van der Waals surface area contributed by atoms with E-state index in [-0.39, 0.29) is 22.9 Å². The Morgan fingerprint density at radius 2 is 1.89 bits per heavy atom. The van der Waals surface area contributed by atoms with E-state index in [2.05, 4.69) is 5.32 Å². The summed E-state index contributed by atoms with van der Waals surface area (Å²) in [5, 5.41) is 4.81. The molecule has 0 saturated carbocycles. The van der Waals surface area contributed by atoms with Crippen molar-refractivity contribution in [2.75, 3.05) is 33.2 Å². The predicted molar refractivity (Wildman–Crippen MR) is 97.5 cm³/mol. The maximum absolute atomic E-state index is 12.7. The van der Waals surface area contributed by atoms with Gasteiger partial charge in [0.1, 0.15) is 6.54 Å². The maximum Gasteiger partial charge on any atom is 0.405 e. The van der Waals surface area contributed by atoms with Crippen LogP contribution in [0.5, 0.6) is 0 Å². The van der Waals surface area contributed by atoms with Crippen LogP contribution in [0.3, 0.4) is 0 Å². The molecule has 0 radical (unpaired) electrons. The van der Waals surface area contributed by atoms with Crippen molar-refractivity contribution in [3.8, 4) is 0 Å². The Labute approximate surface area is 163 Å². The van der Waals surface area contributed by atoms with Crippen LogP contribution in [0.4, 0.5) is 13.2 Å². The molecular weight excluding hydrogens is 407 g/mol. The van der Waals surface area contributed by atoms with Crippen molar-refractivity contribution in [2.45, 2.75) is 23.9 Å². The van der Waals surface area contributed by atoms with Gasteiger partial charge >= 0.3 is 6.18 Å². The first-order chi connectivity index (χ1) is 12.1. The summed E-state index contributed by atoms with van der Waals surface area (Å²) in [6.45, 7) is 0.100. The molecular formula is C16H23ClF3N3O3S. The molecule has 0 aliphatic carbocycles. The Balaban J connectivity index is 0.00000364. The third kappa shape index (κ3) is 6.63. The first-order valence-corrected chi connectivity index (χ1v) is 9.67. The van der Waals surface area contributed by atoms with Gasteiger partial charge in [0, 0.05) is 18.7 Å². The molecule has 2 N–H and O–H groups in total. The lowest BCUT2D eigenvalue weighted by Gasteiger charge is -2.31. The van der Waals surface area contributed by atoms with E-state index in [1.54, 1.807) is 5.32 Å². The number of nitrogens with one attached hydrogen (secondary N) is 2. The quantitative estimate of drug-likeness (QED) is 0.725. The van der Waals surface area contributed by atoms with Crippen LogP contribution in [-0.2, 0) is 10.0 Å². The lowest BCUT2D eigenvalue weighted by Crippen LogP contribution is -2.40. The number of carbonyl (C=O) groups excluding carboxylic acids is 1. The zero-order valence-corrected chi connectivity index (χ0v) is 16.4. The fourth-order valence-electron chi connectivity index (χ4n) is 2.87. The van der Waals surface area contributed by atoms with E-state index in [1.165, 1.54) is 22.5 Å². The molecule has 11 heteroatoms. The second-order valence-corrected chi connectivity index (χ2v) is 8.17. The molecule has 6 nitrogen and oxygen atoms in total. The van der Waals surface area contributed by atoms with Gasteiger partial charge in [-0.25, -0.2) is 8.42 Å². The number of sulfonamides is 1. The van der Waals surface area contributed by atoms with Gasteiger partial charge in [0.25, 0.3) is 5.91 Å². The zero-order chi connectivity index (χ0) is 19.4. The van der Waals surface area contributed by atoms with Crippen molar-refractivity contribution in [3.05, 3.63) is 29.8 Å². The van der Waals surface area contributed by atoms with Gasteiger partial charge < -0.3 is 10.6 Å². The van der Waals surface area contributed by atoms with Crippen molar-refractivity contribution >= 4 is 28.3 Å². The van der Waals surface area contributed by atoms with Gasteiger partial charge in [0.15, 0.2) is 0 Å². The summed E-state index contributed by atoms with van der Waals surface area (Å²) in [5.41, 5.74) is -0.125. The van der Waals surface area contributed by atoms with Crippen LogP contribution >= 0.6 is 12.4 Å². The minimum absolute atomic E-state index is 0. The normalized spacial score (nSPS) is 16.6. The van der Waals surface area contributed by atoms with E-state index in [0.717, 1.165) is 25.5 Å². The van der Waals surface area contributed by atoms with Gasteiger partial charge in [0.2, 0.25) is 10.0 Å². The summed E-state index contributed by atoms with van der Waals surface area (Å²) in [7, 11) is -1.94. The van der Waals surface area contributed by atoms with Crippen LogP contribution in [-0.4, -0.2) is 58.0 Å². The van der Waals surface area contributed by atoms with Crippen LogP contribution in [0.15, 0.2) is 29.2 Å². The predicted octanol–water partition coefficient (Wildman–Crippen LogP) is 2.02. The molecule has 2 rings (SSSR count). The first-order valence-electron chi connectivity index (χ1n) is 8.23. The molecule has 27 heavy (non-hydrogen) atoms. The number of alkyl halides is 3. The average molecular weight is 430 g/mol. The van der Waals surface area contributed by atoms with Crippen molar-refractivity contribution in [2.24, 2.45) is 5.92 Å². The first kappa shape index (κ1) is 23.7. The highest BCUT2D eigenvalue weighted by atomic mass is 35.5. The molecule has 1 heterocycles. The molecule has 0 spiro atoms. The Hall–Kier alpha value is -1.36. The highest BCUT2D eigenvalue weighted by molar-refractivity contribution is 7.89. The second kappa shape index (κ2) is 9.72. The SMILES string of the molecule is CNCC1CCN(S(=O)(=O)c2cccc(C(=O)NCC(F)(F)F)c2)CC1.Cl. The molecule has 1 amide bonds. The Morgan fingerprint density at radius 1 is 1.26 bits per heavy atom. The molecule has 154 valence electrons. The van der Waals surface area contributed by atoms with Crippen LogP contribution in [0.2, 0.25) is 0 Å². The van der Waals surface area contributed by atoms with E-state index in [9.17, 15) is 26.4 Å².